The Morgan fingerprint density at radius 1 is 1.07 bits per heavy atom. The second-order valence-corrected chi connectivity index (χ2v) is 12.9. The Kier molecular flexibility index (Phi) is 8.08. The first-order chi connectivity index (χ1) is 18.7. The van der Waals surface area contributed by atoms with Crippen molar-refractivity contribution in [2.45, 2.75) is 65.8 Å². The fourth-order valence-corrected chi connectivity index (χ4v) is 5.90. The largest absolute Gasteiger partial charge is 0.342 e. The van der Waals surface area contributed by atoms with E-state index in [0.717, 1.165) is 33.7 Å². The van der Waals surface area contributed by atoms with E-state index < -0.39 is 11.6 Å². The molecule has 4 rings (SSSR count). The highest BCUT2D eigenvalue weighted by Crippen LogP contribution is 2.38. The zero-order valence-corrected chi connectivity index (χ0v) is 25.5. The lowest BCUT2D eigenvalue weighted by Gasteiger charge is -2.44. The van der Waals surface area contributed by atoms with E-state index >= 15 is 0 Å². The molecule has 0 spiro atoms. The first-order valence-corrected chi connectivity index (χ1v) is 14.4. The van der Waals surface area contributed by atoms with E-state index in [-0.39, 0.29) is 17.2 Å². The molecule has 4 amide bonds. The summed E-state index contributed by atoms with van der Waals surface area (Å²) in [4.78, 5) is 48.6. The van der Waals surface area contributed by atoms with Gasteiger partial charge in [-0.25, -0.2) is 4.79 Å². The van der Waals surface area contributed by atoms with Crippen molar-refractivity contribution in [3.63, 3.8) is 0 Å². The Morgan fingerprint density at radius 3 is 2.42 bits per heavy atom. The van der Waals surface area contributed by atoms with Gasteiger partial charge < -0.3 is 15.1 Å². The van der Waals surface area contributed by atoms with Crippen LogP contribution in [-0.4, -0.2) is 58.3 Å². The first-order valence-electron chi connectivity index (χ1n) is 13.6. The fourth-order valence-electron chi connectivity index (χ4n) is 4.80. The molecule has 2 aromatic heterocycles. The number of hydrogen-bond acceptors (Lipinski definition) is 5. The van der Waals surface area contributed by atoms with Crippen molar-refractivity contribution < 1.29 is 14.4 Å². The Labute approximate surface area is 240 Å². The summed E-state index contributed by atoms with van der Waals surface area (Å²) in [6.07, 6.45) is 2.72. The number of nitrogens with one attached hydrogen (secondary N) is 2. The van der Waals surface area contributed by atoms with Crippen LogP contribution in [0.3, 0.4) is 0 Å². The smallest absolute Gasteiger partial charge is 0.324 e. The first kappa shape index (κ1) is 29.3. The molecule has 212 valence electrons. The van der Waals surface area contributed by atoms with Crippen molar-refractivity contribution in [3.8, 4) is 11.1 Å². The van der Waals surface area contributed by atoms with Gasteiger partial charge in [0.2, 0.25) is 5.91 Å². The van der Waals surface area contributed by atoms with E-state index in [4.69, 9.17) is 0 Å². The summed E-state index contributed by atoms with van der Waals surface area (Å²) in [5, 5.41) is 6.30. The number of aryl methyl sites for hydroxylation is 2. The summed E-state index contributed by atoms with van der Waals surface area (Å²) in [6, 6.07) is 11.2. The second kappa shape index (κ2) is 11.0. The van der Waals surface area contributed by atoms with Crippen LogP contribution in [0.1, 0.15) is 68.0 Å². The van der Waals surface area contributed by atoms with Gasteiger partial charge in [0.15, 0.2) is 0 Å². The lowest BCUT2D eigenvalue weighted by molar-refractivity contribution is -0.144. The molecule has 0 radical (unpaired) electrons. The molecule has 0 unspecified atom stereocenters. The third-order valence-corrected chi connectivity index (χ3v) is 8.85. The van der Waals surface area contributed by atoms with Gasteiger partial charge in [-0.2, -0.15) is 0 Å². The highest BCUT2D eigenvalue weighted by molar-refractivity contribution is 7.16. The van der Waals surface area contributed by atoms with E-state index in [0.29, 0.717) is 29.3 Å². The predicted molar refractivity (Wildman–Crippen MR) is 162 cm³/mol. The zero-order chi connectivity index (χ0) is 29.4. The third kappa shape index (κ3) is 5.89. The maximum atomic E-state index is 13.8. The van der Waals surface area contributed by atoms with Gasteiger partial charge in [-0.05, 0) is 68.0 Å². The summed E-state index contributed by atoms with van der Waals surface area (Å²) in [5.41, 5.74) is 3.86. The molecule has 40 heavy (non-hydrogen) atoms. The Hall–Kier alpha value is -3.72. The molecule has 9 heteroatoms. The Bertz CT molecular complexity index is 1440. The molecule has 1 fully saturated rings. The molecular weight excluding hydrogens is 522 g/mol. The van der Waals surface area contributed by atoms with Crippen LogP contribution >= 0.6 is 11.3 Å². The van der Waals surface area contributed by atoms with Crippen LogP contribution in [-0.2, 0) is 16.6 Å². The average Bonchev–Trinajstić information content (AvgIpc) is 3.32. The van der Waals surface area contributed by atoms with Crippen LogP contribution < -0.4 is 10.6 Å². The number of carbonyl (C=O) groups is 3. The maximum absolute atomic E-state index is 13.8. The monoisotopic (exact) mass is 561 g/mol. The van der Waals surface area contributed by atoms with Crippen molar-refractivity contribution in [2.24, 2.45) is 0 Å². The fraction of sp³-hybridized carbons (Fsp3) is 0.419. The topological polar surface area (TPSA) is 94.6 Å². The van der Waals surface area contributed by atoms with Gasteiger partial charge in [0, 0.05) is 48.2 Å². The number of amides is 4. The highest BCUT2D eigenvalue weighted by atomic mass is 32.1. The minimum absolute atomic E-state index is 0.111. The van der Waals surface area contributed by atoms with Gasteiger partial charge in [-0.1, -0.05) is 39.8 Å². The summed E-state index contributed by atoms with van der Waals surface area (Å²) in [6.45, 7) is 14.7. The van der Waals surface area contributed by atoms with E-state index in [1.165, 1.54) is 11.3 Å². The molecule has 2 N–H and O–H groups in total. The number of anilines is 2. The third-order valence-electron chi connectivity index (χ3n) is 7.37. The number of urea groups is 1. The molecule has 0 aliphatic carbocycles. The SMILES string of the molecule is CCc1ccc(-c2cc(NC(=O)Nc3sc(C(C)(C)C)cc3C(=O)N3CCN(C)C(=O)C3(C)C)ccc2C)cn1. The van der Waals surface area contributed by atoms with Crippen LogP contribution in [0.5, 0.6) is 0 Å². The highest BCUT2D eigenvalue weighted by Gasteiger charge is 2.44. The number of hydrogen-bond donors (Lipinski definition) is 2. The van der Waals surface area contributed by atoms with Crippen LogP contribution in [0.4, 0.5) is 15.5 Å². The summed E-state index contributed by atoms with van der Waals surface area (Å²) in [7, 11) is 1.75. The number of aromatic nitrogens is 1. The van der Waals surface area contributed by atoms with Crippen molar-refractivity contribution in [1.82, 2.24) is 14.8 Å². The second-order valence-electron chi connectivity index (χ2n) is 11.8. The number of rotatable bonds is 5. The standard InChI is InChI=1S/C31H39N5O3S/c1-9-21-13-11-20(18-32-21)23-16-22(12-10-19(23)2)33-29(39)34-26-24(17-25(40-26)30(3,4)5)27(37)36-15-14-35(8)28(38)31(36,6)7/h10-13,16-18H,9,14-15H2,1-8H3,(H2,33,34,39). The van der Waals surface area contributed by atoms with Crippen molar-refractivity contribution >= 4 is 39.9 Å². The zero-order valence-electron chi connectivity index (χ0n) is 24.6. The van der Waals surface area contributed by atoms with E-state index in [9.17, 15) is 14.4 Å². The summed E-state index contributed by atoms with van der Waals surface area (Å²) in [5.74, 6) is -0.380. The molecule has 0 saturated carbocycles. The Morgan fingerprint density at radius 2 is 1.80 bits per heavy atom. The maximum Gasteiger partial charge on any atom is 0.324 e. The number of piperazine rings is 1. The quantitative estimate of drug-likeness (QED) is 0.381. The van der Waals surface area contributed by atoms with Crippen LogP contribution in [0.2, 0.25) is 0 Å². The molecule has 1 aliphatic rings. The number of thiophene rings is 1. The van der Waals surface area contributed by atoms with Crippen LogP contribution in [0.25, 0.3) is 11.1 Å². The lowest BCUT2D eigenvalue weighted by Crippen LogP contribution is -2.63. The predicted octanol–water partition coefficient (Wildman–Crippen LogP) is 6.32. The van der Waals surface area contributed by atoms with Crippen LogP contribution in [0.15, 0.2) is 42.6 Å². The average molecular weight is 562 g/mol. The summed E-state index contributed by atoms with van der Waals surface area (Å²) >= 11 is 1.38. The molecule has 1 aromatic carbocycles. The van der Waals surface area contributed by atoms with Gasteiger partial charge >= 0.3 is 6.03 Å². The number of pyridine rings is 1. The molecule has 0 atom stereocenters. The number of benzene rings is 1. The van der Waals surface area contributed by atoms with Gasteiger partial charge in [-0.3, -0.25) is 19.9 Å². The molecule has 0 bridgehead atoms. The van der Waals surface area contributed by atoms with E-state index in [1.807, 2.05) is 49.5 Å². The number of likely N-dealkylation sites (N-methyl/N-ethyl adjacent to an activating group) is 1. The minimum atomic E-state index is -0.990. The van der Waals surface area contributed by atoms with E-state index in [2.05, 4.69) is 43.3 Å². The van der Waals surface area contributed by atoms with Crippen molar-refractivity contribution in [1.29, 1.82) is 0 Å². The van der Waals surface area contributed by atoms with Gasteiger partial charge in [0.1, 0.15) is 10.5 Å². The van der Waals surface area contributed by atoms with Crippen LogP contribution in [0, 0.1) is 6.92 Å². The molecule has 1 saturated heterocycles. The normalized spacial score (nSPS) is 15.2. The van der Waals surface area contributed by atoms with Crippen molar-refractivity contribution in [3.05, 3.63) is 64.3 Å². The number of nitrogens with zero attached hydrogens (tertiary/aromatic N) is 3. The lowest BCUT2D eigenvalue weighted by atomic mass is 9.93. The summed E-state index contributed by atoms with van der Waals surface area (Å²) < 4.78 is 0. The van der Waals surface area contributed by atoms with Gasteiger partial charge in [0.25, 0.3) is 5.91 Å². The molecule has 8 nitrogen and oxygen atoms in total. The molecular formula is C31H39N5O3S. The molecule has 3 aromatic rings. The van der Waals surface area contributed by atoms with E-state index in [1.54, 1.807) is 30.7 Å². The Balaban J connectivity index is 1.60. The van der Waals surface area contributed by atoms with Crippen molar-refractivity contribution in [2.75, 3.05) is 30.8 Å². The minimum Gasteiger partial charge on any atom is -0.342 e. The number of carbonyl (C=O) groups excluding carboxylic acids is 3. The van der Waals surface area contributed by atoms with Gasteiger partial charge in [0.05, 0.1) is 5.56 Å². The molecule has 3 heterocycles. The molecule has 1 aliphatic heterocycles. The van der Waals surface area contributed by atoms with Gasteiger partial charge in [-0.15, -0.1) is 11.3 Å².